The Balaban J connectivity index is 0. The SMILES string of the molecule is CCCCCCCCCC[N+](C)(C)C.CCCCCC[N+](CC)(CC)CC. The van der Waals surface area contributed by atoms with Gasteiger partial charge in [0.2, 0.25) is 0 Å². The van der Waals surface area contributed by atoms with E-state index in [1.807, 2.05) is 0 Å². The van der Waals surface area contributed by atoms with E-state index in [0.717, 1.165) is 4.48 Å². The minimum atomic E-state index is 1.12. The van der Waals surface area contributed by atoms with Crippen molar-refractivity contribution in [1.29, 1.82) is 0 Å². The molecule has 0 unspecified atom stereocenters. The Hall–Kier alpha value is -0.0800. The highest BCUT2D eigenvalue weighted by molar-refractivity contribution is 4.45. The van der Waals surface area contributed by atoms with Gasteiger partial charge in [-0.25, -0.2) is 0 Å². The molecule has 0 N–H and O–H groups in total. The summed E-state index contributed by atoms with van der Waals surface area (Å²) in [7, 11) is 6.84. The van der Waals surface area contributed by atoms with Crippen LogP contribution in [0.15, 0.2) is 0 Å². The van der Waals surface area contributed by atoms with Crippen LogP contribution in [0.1, 0.15) is 112 Å². The van der Waals surface area contributed by atoms with Crippen LogP contribution in [0.5, 0.6) is 0 Å². The van der Waals surface area contributed by atoms with Gasteiger partial charge in [-0.15, -0.1) is 0 Å². The zero-order chi connectivity index (χ0) is 21.0. The summed E-state index contributed by atoms with van der Waals surface area (Å²) >= 11 is 0. The third-order valence-electron chi connectivity index (χ3n) is 6.18. The van der Waals surface area contributed by atoms with Gasteiger partial charge < -0.3 is 8.97 Å². The second kappa shape index (κ2) is 19.2. The summed E-state index contributed by atoms with van der Waals surface area (Å²) in [5.74, 6) is 0. The van der Waals surface area contributed by atoms with Crippen LogP contribution in [0, 0.1) is 0 Å². The molecule has 0 amide bonds. The molecule has 27 heavy (non-hydrogen) atoms. The topological polar surface area (TPSA) is 0 Å². The van der Waals surface area contributed by atoms with E-state index < -0.39 is 0 Å². The van der Waals surface area contributed by atoms with Gasteiger partial charge in [0.25, 0.3) is 0 Å². The van der Waals surface area contributed by atoms with Crippen molar-refractivity contribution in [2.75, 3.05) is 53.9 Å². The van der Waals surface area contributed by atoms with Crippen LogP contribution in [0.25, 0.3) is 0 Å². The summed E-state index contributed by atoms with van der Waals surface area (Å²) in [5, 5.41) is 0. The maximum absolute atomic E-state index is 2.33. The average Bonchev–Trinajstić information content (AvgIpc) is 2.64. The molecule has 0 rings (SSSR count). The predicted octanol–water partition coefficient (Wildman–Crippen LogP) is 7.28. The van der Waals surface area contributed by atoms with E-state index in [1.165, 1.54) is 114 Å². The monoisotopic (exact) mass is 386 g/mol. The molecule has 0 aliphatic carbocycles. The fourth-order valence-corrected chi connectivity index (χ4v) is 3.74. The summed E-state index contributed by atoms with van der Waals surface area (Å²) < 4.78 is 2.44. The smallest absolute Gasteiger partial charge is 0.0786 e. The van der Waals surface area contributed by atoms with Crippen LogP contribution in [0.4, 0.5) is 0 Å². The van der Waals surface area contributed by atoms with Gasteiger partial charge in [0, 0.05) is 0 Å². The van der Waals surface area contributed by atoms with Gasteiger partial charge >= 0.3 is 0 Å². The average molecular weight is 387 g/mol. The van der Waals surface area contributed by atoms with Crippen molar-refractivity contribution in [1.82, 2.24) is 0 Å². The molecule has 0 atom stereocenters. The van der Waals surface area contributed by atoms with E-state index in [-0.39, 0.29) is 0 Å². The van der Waals surface area contributed by atoms with Crippen LogP contribution in [0.3, 0.4) is 0 Å². The van der Waals surface area contributed by atoms with Crippen molar-refractivity contribution in [3.8, 4) is 0 Å². The van der Waals surface area contributed by atoms with E-state index >= 15 is 0 Å². The van der Waals surface area contributed by atoms with E-state index in [9.17, 15) is 0 Å². The molecule has 0 saturated heterocycles. The van der Waals surface area contributed by atoms with Crippen molar-refractivity contribution in [3.63, 3.8) is 0 Å². The molecule has 2 nitrogen and oxygen atoms in total. The molecular formula is C25H58N2+2. The molecule has 0 aliphatic heterocycles. The molecule has 0 aromatic carbocycles. The third-order valence-corrected chi connectivity index (χ3v) is 6.18. The van der Waals surface area contributed by atoms with Crippen molar-refractivity contribution in [2.45, 2.75) is 112 Å². The number of hydrogen-bond donors (Lipinski definition) is 0. The van der Waals surface area contributed by atoms with Crippen LogP contribution in [0.2, 0.25) is 0 Å². The zero-order valence-electron chi connectivity index (χ0n) is 20.9. The Morgan fingerprint density at radius 3 is 1.11 bits per heavy atom. The number of quaternary nitrogens is 2. The van der Waals surface area contributed by atoms with E-state index in [0.29, 0.717) is 0 Å². The van der Waals surface area contributed by atoms with Gasteiger partial charge in [-0.2, -0.15) is 0 Å². The Bertz CT molecular complexity index is 268. The zero-order valence-corrected chi connectivity index (χ0v) is 20.9. The van der Waals surface area contributed by atoms with Crippen molar-refractivity contribution < 1.29 is 8.97 Å². The van der Waals surface area contributed by atoms with E-state index in [4.69, 9.17) is 0 Å². The second-order valence-electron chi connectivity index (χ2n) is 9.56. The molecule has 0 aromatic heterocycles. The van der Waals surface area contributed by atoms with Gasteiger partial charge in [0.05, 0.1) is 53.9 Å². The first-order chi connectivity index (χ1) is 12.8. The van der Waals surface area contributed by atoms with Gasteiger partial charge in [-0.3, -0.25) is 0 Å². The van der Waals surface area contributed by atoms with Gasteiger partial charge in [-0.05, 0) is 46.5 Å². The lowest BCUT2D eigenvalue weighted by Crippen LogP contribution is -2.48. The maximum Gasteiger partial charge on any atom is 0.0786 e. The molecule has 0 heterocycles. The Kier molecular flexibility index (Phi) is 20.8. The predicted molar refractivity (Wildman–Crippen MR) is 126 cm³/mol. The summed E-state index contributed by atoms with van der Waals surface area (Å²) in [6, 6.07) is 0. The summed E-state index contributed by atoms with van der Waals surface area (Å²) in [4.78, 5) is 0. The Morgan fingerprint density at radius 2 is 0.741 bits per heavy atom. The van der Waals surface area contributed by atoms with Crippen molar-refractivity contribution in [2.24, 2.45) is 0 Å². The van der Waals surface area contributed by atoms with E-state index in [2.05, 4.69) is 55.8 Å². The van der Waals surface area contributed by atoms with Crippen molar-refractivity contribution in [3.05, 3.63) is 0 Å². The van der Waals surface area contributed by atoms with Gasteiger partial charge in [-0.1, -0.05) is 65.2 Å². The fraction of sp³-hybridized carbons (Fsp3) is 1.00. The lowest BCUT2D eigenvalue weighted by Gasteiger charge is -2.35. The standard InChI is InChI=1S/C13H30N.C12H28N/c1-5-6-7-8-9-10-11-12-13-14(2,3)4;1-5-9-10-11-12-13(6-2,7-3)8-4/h5-13H2,1-4H3;5-12H2,1-4H3/q2*+1. The summed E-state index contributed by atoms with van der Waals surface area (Å²) in [6.45, 7) is 18.2. The van der Waals surface area contributed by atoms with Crippen LogP contribution < -0.4 is 0 Å². The maximum atomic E-state index is 2.33. The Labute approximate surface area is 174 Å². The molecule has 0 bridgehead atoms. The first-order valence-corrected chi connectivity index (χ1v) is 12.5. The number of nitrogens with zero attached hydrogens (tertiary/aromatic N) is 2. The molecular weight excluding hydrogens is 328 g/mol. The highest BCUT2D eigenvalue weighted by Gasteiger charge is 2.19. The first kappa shape index (κ1) is 29.1. The van der Waals surface area contributed by atoms with Gasteiger partial charge in [0.1, 0.15) is 0 Å². The number of hydrogen-bond acceptors (Lipinski definition) is 0. The molecule has 0 saturated carbocycles. The van der Waals surface area contributed by atoms with Gasteiger partial charge in [0.15, 0.2) is 0 Å². The number of rotatable bonds is 17. The molecule has 166 valence electrons. The van der Waals surface area contributed by atoms with E-state index in [1.54, 1.807) is 0 Å². The first-order valence-electron chi connectivity index (χ1n) is 12.5. The minimum absolute atomic E-state index is 1.12. The second-order valence-corrected chi connectivity index (χ2v) is 9.56. The minimum Gasteiger partial charge on any atom is -0.331 e. The molecule has 2 heteroatoms. The summed E-state index contributed by atoms with van der Waals surface area (Å²) in [5.41, 5.74) is 0. The highest BCUT2D eigenvalue weighted by atomic mass is 15.3. The summed E-state index contributed by atoms with van der Waals surface area (Å²) in [6.07, 6.45) is 17.0. The molecule has 0 aliphatic rings. The molecule has 0 spiro atoms. The largest absolute Gasteiger partial charge is 0.331 e. The Morgan fingerprint density at radius 1 is 0.407 bits per heavy atom. The van der Waals surface area contributed by atoms with Crippen LogP contribution >= 0.6 is 0 Å². The molecule has 0 fully saturated rings. The van der Waals surface area contributed by atoms with Crippen molar-refractivity contribution >= 4 is 0 Å². The van der Waals surface area contributed by atoms with Crippen LogP contribution in [-0.2, 0) is 0 Å². The molecule has 0 radical (unpaired) electrons. The lowest BCUT2D eigenvalue weighted by atomic mass is 10.1. The third kappa shape index (κ3) is 20.5. The normalized spacial score (nSPS) is 12.0. The number of unbranched alkanes of at least 4 members (excludes halogenated alkanes) is 10. The van der Waals surface area contributed by atoms with Crippen LogP contribution in [-0.4, -0.2) is 62.8 Å². The fourth-order valence-electron chi connectivity index (χ4n) is 3.74. The highest BCUT2D eigenvalue weighted by Crippen LogP contribution is 2.10. The molecule has 0 aromatic rings. The lowest BCUT2D eigenvalue weighted by molar-refractivity contribution is -0.923. The quantitative estimate of drug-likeness (QED) is 0.182.